The van der Waals surface area contributed by atoms with Crippen LogP contribution < -0.4 is 4.90 Å². The second kappa shape index (κ2) is 5.93. The number of hydrogen-bond donors (Lipinski definition) is 1. The highest BCUT2D eigenvalue weighted by atomic mass is 16.3. The van der Waals surface area contributed by atoms with Crippen LogP contribution in [-0.2, 0) is 5.85 Å². The lowest BCUT2D eigenvalue weighted by atomic mass is 10.0. The van der Waals surface area contributed by atoms with Crippen molar-refractivity contribution in [2.24, 2.45) is 0 Å². The van der Waals surface area contributed by atoms with Crippen molar-refractivity contribution in [3.05, 3.63) is 78.4 Å². The smallest absolute Gasteiger partial charge is 0.225 e. The van der Waals surface area contributed by atoms with Gasteiger partial charge in [-0.15, -0.1) is 0 Å². The summed E-state index contributed by atoms with van der Waals surface area (Å²) >= 11 is 0. The highest BCUT2D eigenvalue weighted by molar-refractivity contribution is 5.86. The van der Waals surface area contributed by atoms with E-state index in [1.165, 1.54) is 10.8 Å². The van der Waals surface area contributed by atoms with E-state index in [4.69, 9.17) is 0 Å². The van der Waals surface area contributed by atoms with Crippen molar-refractivity contribution in [1.29, 1.82) is 0 Å². The Kier molecular flexibility index (Phi) is 3.75. The first kappa shape index (κ1) is 15.2. The van der Waals surface area contributed by atoms with E-state index in [1.54, 1.807) is 0 Å². The molecule has 24 heavy (non-hydrogen) atoms. The molecule has 0 bridgehead atoms. The maximum atomic E-state index is 11.6. The number of nitrogens with zero attached hydrogens (tertiary/aromatic N) is 2. The van der Waals surface area contributed by atoms with E-state index >= 15 is 0 Å². The third-order valence-corrected chi connectivity index (χ3v) is 4.99. The molecule has 1 fully saturated rings. The van der Waals surface area contributed by atoms with Crippen LogP contribution in [0.25, 0.3) is 10.8 Å². The molecular weight excluding hydrogens is 296 g/mol. The van der Waals surface area contributed by atoms with E-state index < -0.39 is 5.85 Å². The minimum Gasteiger partial charge on any atom is -0.355 e. The molecule has 4 rings (SSSR count). The van der Waals surface area contributed by atoms with E-state index in [1.807, 2.05) is 42.3 Å². The molecule has 3 aromatic carbocycles. The molecule has 0 amide bonds. The highest BCUT2D eigenvalue weighted by Crippen LogP contribution is 2.37. The molecule has 0 spiro atoms. The van der Waals surface area contributed by atoms with Crippen LogP contribution in [0.4, 0.5) is 5.69 Å². The normalized spacial score (nSPS) is 22.0. The van der Waals surface area contributed by atoms with Crippen LogP contribution in [0.15, 0.2) is 72.8 Å². The molecule has 0 radical (unpaired) electrons. The zero-order chi connectivity index (χ0) is 16.6. The molecule has 3 nitrogen and oxygen atoms in total. The predicted octanol–water partition coefficient (Wildman–Crippen LogP) is 3.78. The van der Waals surface area contributed by atoms with Crippen molar-refractivity contribution in [3.8, 4) is 0 Å². The van der Waals surface area contributed by atoms with Gasteiger partial charge in [0.15, 0.2) is 0 Å². The average molecular weight is 318 g/mol. The molecule has 1 N–H and O–H groups in total. The molecule has 1 saturated heterocycles. The average Bonchev–Trinajstić information content (AvgIpc) is 2.64. The molecule has 0 aromatic heterocycles. The van der Waals surface area contributed by atoms with Crippen molar-refractivity contribution in [1.82, 2.24) is 4.90 Å². The molecule has 1 atom stereocenters. The van der Waals surface area contributed by atoms with Gasteiger partial charge in [0.1, 0.15) is 0 Å². The van der Waals surface area contributed by atoms with Gasteiger partial charge in [0, 0.05) is 24.3 Å². The first-order valence-corrected chi connectivity index (χ1v) is 8.45. The number of aliphatic hydroxyl groups is 1. The van der Waals surface area contributed by atoms with Crippen LogP contribution >= 0.6 is 0 Å². The lowest BCUT2D eigenvalue weighted by molar-refractivity contribution is -0.118. The van der Waals surface area contributed by atoms with Crippen molar-refractivity contribution >= 4 is 16.5 Å². The van der Waals surface area contributed by atoms with Gasteiger partial charge in [0.05, 0.1) is 0 Å². The lowest BCUT2D eigenvalue weighted by Crippen LogP contribution is -2.61. The van der Waals surface area contributed by atoms with E-state index in [-0.39, 0.29) is 0 Å². The fourth-order valence-electron chi connectivity index (χ4n) is 3.68. The topological polar surface area (TPSA) is 26.7 Å². The number of hydrogen-bond acceptors (Lipinski definition) is 3. The second-order valence-corrected chi connectivity index (χ2v) is 6.46. The fourth-order valence-corrected chi connectivity index (χ4v) is 3.68. The van der Waals surface area contributed by atoms with Gasteiger partial charge < -0.3 is 10.0 Å². The fraction of sp³-hybridized carbons (Fsp3) is 0.238. The van der Waals surface area contributed by atoms with E-state index in [0.717, 1.165) is 30.8 Å². The van der Waals surface area contributed by atoms with Gasteiger partial charge in [-0.1, -0.05) is 60.7 Å². The molecule has 1 aliphatic heterocycles. The zero-order valence-electron chi connectivity index (χ0n) is 13.9. The number of benzene rings is 3. The summed E-state index contributed by atoms with van der Waals surface area (Å²) in [5, 5.41) is 14.1. The first-order chi connectivity index (χ1) is 11.7. The predicted molar refractivity (Wildman–Crippen MR) is 98.9 cm³/mol. The van der Waals surface area contributed by atoms with Crippen LogP contribution in [0.2, 0.25) is 0 Å². The molecule has 1 aliphatic rings. The third-order valence-electron chi connectivity index (χ3n) is 4.99. The molecule has 0 aliphatic carbocycles. The van der Waals surface area contributed by atoms with Gasteiger partial charge in [0.25, 0.3) is 0 Å². The Hall–Kier alpha value is -2.36. The zero-order valence-corrected chi connectivity index (χ0v) is 13.9. The highest BCUT2D eigenvalue weighted by Gasteiger charge is 2.43. The molecule has 1 unspecified atom stereocenters. The Balaban J connectivity index is 1.83. The van der Waals surface area contributed by atoms with Crippen molar-refractivity contribution in [3.63, 3.8) is 0 Å². The summed E-state index contributed by atoms with van der Waals surface area (Å²) in [5.41, 5.74) is 1.95. The summed E-state index contributed by atoms with van der Waals surface area (Å²) in [6, 6.07) is 24.7. The van der Waals surface area contributed by atoms with Gasteiger partial charge in [-0.3, -0.25) is 4.90 Å². The second-order valence-electron chi connectivity index (χ2n) is 6.46. The first-order valence-electron chi connectivity index (χ1n) is 8.45. The SMILES string of the molecule is CN1CCCN(c2ccc3ccccc3c2)C1(O)c1ccccc1. The summed E-state index contributed by atoms with van der Waals surface area (Å²) in [4.78, 5) is 4.14. The number of rotatable bonds is 2. The van der Waals surface area contributed by atoms with Gasteiger partial charge in [-0.05, 0) is 36.4 Å². The Labute approximate surface area is 142 Å². The Bertz CT molecular complexity index is 849. The molecule has 3 heteroatoms. The minimum absolute atomic E-state index is 0.827. The van der Waals surface area contributed by atoms with Crippen molar-refractivity contribution in [2.45, 2.75) is 12.3 Å². The number of anilines is 1. The number of fused-ring (bicyclic) bond motifs is 1. The van der Waals surface area contributed by atoms with Crippen LogP contribution in [0.5, 0.6) is 0 Å². The summed E-state index contributed by atoms with van der Waals surface area (Å²) < 4.78 is 0. The Morgan fingerprint density at radius 1 is 0.833 bits per heavy atom. The van der Waals surface area contributed by atoms with Crippen LogP contribution in [0, 0.1) is 0 Å². The van der Waals surface area contributed by atoms with Crippen LogP contribution in [0.1, 0.15) is 12.0 Å². The monoisotopic (exact) mass is 318 g/mol. The Morgan fingerprint density at radius 2 is 1.54 bits per heavy atom. The van der Waals surface area contributed by atoms with Gasteiger partial charge >= 0.3 is 0 Å². The van der Waals surface area contributed by atoms with Crippen LogP contribution in [-0.4, -0.2) is 30.1 Å². The Morgan fingerprint density at radius 3 is 2.33 bits per heavy atom. The van der Waals surface area contributed by atoms with E-state index in [0.29, 0.717) is 0 Å². The third kappa shape index (κ3) is 2.37. The summed E-state index contributed by atoms with van der Waals surface area (Å²) in [7, 11) is 1.99. The molecule has 0 saturated carbocycles. The van der Waals surface area contributed by atoms with E-state index in [2.05, 4.69) is 47.4 Å². The standard InChI is InChI=1S/C21H22N2O/c1-22-14-7-15-23(21(22,24)19-10-3-2-4-11-19)20-13-12-17-8-5-6-9-18(17)16-20/h2-6,8-13,16,24H,7,14-15H2,1H3. The largest absolute Gasteiger partial charge is 0.355 e. The molecule has 1 heterocycles. The summed E-state index contributed by atoms with van der Waals surface area (Å²) in [6.07, 6.45) is 1.03. The molecule has 122 valence electrons. The summed E-state index contributed by atoms with van der Waals surface area (Å²) in [6.45, 7) is 1.70. The van der Waals surface area contributed by atoms with Gasteiger partial charge in [0.2, 0.25) is 5.85 Å². The molecular formula is C21H22N2O. The summed E-state index contributed by atoms with van der Waals surface area (Å²) in [5.74, 6) is -1.12. The minimum atomic E-state index is -1.12. The van der Waals surface area contributed by atoms with Crippen LogP contribution in [0.3, 0.4) is 0 Å². The molecule has 3 aromatic rings. The van der Waals surface area contributed by atoms with Gasteiger partial charge in [-0.2, -0.15) is 0 Å². The van der Waals surface area contributed by atoms with Crippen molar-refractivity contribution < 1.29 is 5.11 Å². The van der Waals surface area contributed by atoms with Gasteiger partial charge in [-0.25, -0.2) is 0 Å². The van der Waals surface area contributed by atoms with E-state index in [9.17, 15) is 5.11 Å². The lowest BCUT2D eigenvalue weighted by Gasteiger charge is -2.50. The van der Waals surface area contributed by atoms with Crippen molar-refractivity contribution in [2.75, 3.05) is 25.0 Å². The maximum absolute atomic E-state index is 11.6. The maximum Gasteiger partial charge on any atom is 0.225 e. The quantitative estimate of drug-likeness (QED) is 0.779.